The third-order valence-electron chi connectivity index (χ3n) is 4.16. The summed E-state index contributed by atoms with van der Waals surface area (Å²) in [4.78, 5) is 2.47. The third kappa shape index (κ3) is 5.66. The Hall–Kier alpha value is -1.90. The number of hydrogen-bond donors (Lipinski definition) is 1. The van der Waals surface area contributed by atoms with Gasteiger partial charge in [-0.1, -0.05) is 67.2 Å². The van der Waals surface area contributed by atoms with E-state index in [4.69, 9.17) is 0 Å². The summed E-state index contributed by atoms with van der Waals surface area (Å²) >= 11 is 0. The smallest absolute Gasteiger partial charge is 0.0240 e. The maximum atomic E-state index is 4.27. The van der Waals surface area contributed by atoms with Gasteiger partial charge >= 0.3 is 0 Å². The Bertz CT molecular complexity index is 561. The van der Waals surface area contributed by atoms with Crippen LogP contribution in [0, 0.1) is 0 Å². The molecule has 120 valence electrons. The Labute approximate surface area is 139 Å². The molecule has 2 heteroatoms. The van der Waals surface area contributed by atoms with Crippen molar-refractivity contribution >= 4 is 0 Å². The van der Waals surface area contributed by atoms with Gasteiger partial charge in [-0.3, -0.25) is 4.90 Å². The number of nitrogens with one attached hydrogen (secondary N) is 1. The highest BCUT2D eigenvalue weighted by atomic mass is 15.1. The van der Waals surface area contributed by atoms with E-state index in [2.05, 4.69) is 77.5 Å². The van der Waals surface area contributed by atoms with Gasteiger partial charge in [-0.25, -0.2) is 0 Å². The van der Waals surface area contributed by atoms with Crippen molar-refractivity contribution in [2.24, 2.45) is 0 Å². The van der Waals surface area contributed by atoms with Gasteiger partial charge in [-0.2, -0.15) is 0 Å². The molecule has 0 unspecified atom stereocenters. The predicted octanol–water partition coefficient (Wildman–Crippen LogP) is 4.00. The Morgan fingerprint density at radius 1 is 0.913 bits per heavy atom. The predicted molar refractivity (Wildman–Crippen MR) is 97.2 cm³/mol. The van der Waals surface area contributed by atoms with Gasteiger partial charge in [-0.15, -0.1) is 0 Å². The second-order valence-electron chi connectivity index (χ2n) is 6.52. The van der Waals surface area contributed by atoms with Crippen LogP contribution < -0.4 is 5.32 Å². The fourth-order valence-electron chi connectivity index (χ4n) is 2.80. The lowest BCUT2D eigenvalue weighted by Crippen LogP contribution is -2.29. The fraction of sp³-hybridized carbons (Fsp3) is 0.333. The highest BCUT2D eigenvalue weighted by molar-refractivity contribution is 5.18. The molecule has 2 aromatic carbocycles. The molecule has 0 saturated heterocycles. The molecule has 0 aliphatic heterocycles. The average molecular weight is 306 g/mol. The summed E-state index contributed by atoms with van der Waals surface area (Å²) in [5.74, 6) is 0. The molecule has 2 nitrogen and oxygen atoms in total. The number of hydrogen-bond acceptors (Lipinski definition) is 2. The first-order valence-corrected chi connectivity index (χ1v) is 8.50. The SMILES string of the molecule is C=C(CNC1CC1)CN(Cc1ccccc1)Cc1ccccc1. The molecule has 0 radical (unpaired) electrons. The van der Waals surface area contributed by atoms with Crippen LogP contribution in [0.1, 0.15) is 24.0 Å². The summed E-state index contributed by atoms with van der Waals surface area (Å²) in [6.07, 6.45) is 2.65. The molecule has 1 N–H and O–H groups in total. The second kappa shape index (κ2) is 8.09. The summed E-state index contributed by atoms with van der Waals surface area (Å²) < 4.78 is 0. The fourth-order valence-corrected chi connectivity index (χ4v) is 2.80. The average Bonchev–Trinajstić information content (AvgIpc) is 3.39. The minimum Gasteiger partial charge on any atom is -0.310 e. The van der Waals surface area contributed by atoms with Gasteiger partial charge in [0, 0.05) is 32.2 Å². The van der Waals surface area contributed by atoms with Crippen molar-refractivity contribution < 1.29 is 0 Å². The van der Waals surface area contributed by atoms with Crippen molar-refractivity contribution in [1.29, 1.82) is 0 Å². The van der Waals surface area contributed by atoms with Crippen molar-refractivity contribution in [3.05, 3.63) is 83.9 Å². The van der Waals surface area contributed by atoms with E-state index in [1.54, 1.807) is 0 Å². The van der Waals surface area contributed by atoms with E-state index >= 15 is 0 Å². The van der Waals surface area contributed by atoms with E-state index in [9.17, 15) is 0 Å². The van der Waals surface area contributed by atoms with Crippen LogP contribution in [-0.4, -0.2) is 24.0 Å². The summed E-state index contributed by atoms with van der Waals surface area (Å²) in [6.45, 7) is 8.06. The molecule has 1 fully saturated rings. The van der Waals surface area contributed by atoms with Gasteiger partial charge in [0.25, 0.3) is 0 Å². The molecule has 2 aromatic rings. The Morgan fingerprint density at radius 3 is 1.91 bits per heavy atom. The van der Waals surface area contributed by atoms with Crippen LogP contribution in [0.4, 0.5) is 0 Å². The minimum absolute atomic E-state index is 0.739. The lowest BCUT2D eigenvalue weighted by atomic mass is 10.1. The zero-order chi connectivity index (χ0) is 15.9. The van der Waals surface area contributed by atoms with E-state index in [-0.39, 0.29) is 0 Å². The van der Waals surface area contributed by atoms with Gasteiger partial charge in [-0.05, 0) is 29.5 Å². The van der Waals surface area contributed by atoms with Gasteiger partial charge in [0.1, 0.15) is 0 Å². The van der Waals surface area contributed by atoms with E-state index in [1.807, 2.05) is 0 Å². The van der Waals surface area contributed by atoms with Crippen molar-refractivity contribution in [3.63, 3.8) is 0 Å². The summed E-state index contributed by atoms with van der Waals surface area (Å²) in [6, 6.07) is 22.1. The monoisotopic (exact) mass is 306 g/mol. The first-order chi connectivity index (χ1) is 11.3. The van der Waals surface area contributed by atoms with E-state index < -0.39 is 0 Å². The molecule has 23 heavy (non-hydrogen) atoms. The molecule has 1 saturated carbocycles. The zero-order valence-electron chi connectivity index (χ0n) is 13.7. The molecule has 0 aromatic heterocycles. The maximum absolute atomic E-state index is 4.27. The molecule has 0 heterocycles. The lowest BCUT2D eigenvalue weighted by molar-refractivity contribution is 0.277. The van der Waals surface area contributed by atoms with Crippen LogP contribution in [-0.2, 0) is 13.1 Å². The topological polar surface area (TPSA) is 15.3 Å². The molecule has 0 amide bonds. The second-order valence-corrected chi connectivity index (χ2v) is 6.52. The number of nitrogens with zero attached hydrogens (tertiary/aromatic N) is 1. The minimum atomic E-state index is 0.739. The molecular weight excluding hydrogens is 280 g/mol. The summed E-state index contributed by atoms with van der Waals surface area (Å²) in [5, 5.41) is 3.56. The van der Waals surface area contributed by atoms with Crippen molar-refractivity contribution in [3.8, 4) is 0 Å². The largest absolute Gasteiger partial charge is 0.310 e. The standard InChI is InChI=1S/C21H26N2/c1-18(14-22-21-12-13-21)15-23(16-19-8-4-2-5-9-19)17-20-10-6-3-7-11-20/h2-11,21-22H,1,12-17H2. The third-order valence-corrected chi connectivity index (χ3v) is 4.16. The Morgan fingerprint density at radius 2 is 1.43 bits per heavy atom. The van der Waals surface area contributed by atoms with E-state index in [0.717, 1.165) is 32.2 Å². The molecule has 0 bridgehead atoms. The van der Waals surface area contributed by atoms with Gasteiger partial charge in [0.05, 0.1) is 0 Å². The van der Waals surface area contributed by atoms with Crippen molar-refractivity contribution in [2.45, 2.75) is 32.0 Å². The molecule has 1 aliphatic carbocycles. The van der Waals surface area contributed by atoms with Crippen LogP contribution in [0.2, 0.25) is 0 Å². The molecular formula is C21H26N2. The normalized spacial score (nSPS) is 14.1. The van der Waals surface area contributed by atoms with Crippen LogP contribution in [0.3, 0.4) is 0 Å². The Kier molecular flexibility index (Phi) is 5.62. The van der Waals surface area contributed by atoms with Crippen LogP contribution in [0.25, 0.3) is 0 Å². The first-order valence-electron chi connectivity index (χ1n) is 8.50. The van der Waals surface area contributed by atoms with Crippen LogP contribution >= 0.6 is 0 Å². The van der Waals surface area contributed by atoms with E-state index in [1.165, 1.54) is 29.5 Å². The zero-order valence-corrected chi connectivity index (χ0v) is 13.7. The summed E-state index contributed by atoms with van der Waals surface area (Å²) in [7, 11) is 0. The van der Waals surface area contributed by atoms with E-state index in [0.29, 0.717) is 0 Å². The number of benzene rings is 2. The lowest BCUT2D eigenvalue weighted by Gasteiger charge is -2.24. The first kappa shape index (κ1) is 16.0. The molecule has 3 rings (SSSR count). The quantitative estimate of drug-likeness (QED) is 0.705. The Balaban J connectivity index is 1.60. The maximum Gasteiger partial charge on any atom is 0.0240 e. The molecule has 0 atom stereocenters. The van der Waals surface area contributed by atoms with Gasteiger partial charge in [0.2, 0.25) is 0 Å². The van der Waals surface area contributed by atoms with Crippen molar-refractivity contribution in [1.82, 2.24) is 10.2 Å². The molecule has 0 spiro atoms. The van der Waals surface area contributed by atoms with Crippen LogP contribution in [0.15, 0.2) is 72.8 Å². The highest BCUT2D eigenvalue weighted by Gasteiger charge is 2.20. The summed E-state index contributed by atoms with van der Waals surface area (Å²) in [5.41, 5.74) is 3.97. The molecule has 1 aliphatic rings. The van der Waals surface area contributed by atoms with Crippen molar-refractivity contribution in [2.75, 3.05) is 13.1 Å². The van der Waals surface area contributed by atoms with Gasteiger partial charge < -0.3 is 5.32 Å². The number of rotatable bonds is 9. The van der Waals surface area contributed by atoms with Crippen LogP contribution in [0.5, 0.6) is 0 Å². The highest BCUT2D eigenvalue weighted by Crippen LogP contribution is 2.19. The van der Waals surface area contributed by atoms with Gasteiger partial charge in [0.15, 0.2) is 0 Å².